The second kappa shape index (κ2) is 33.0. The molecule has 104 heavy (non-hydrogen) atoms. The molecule has 10 fully saturated rings. The van der Waals surface area contributed by atoms with Crippen molar-refractivity contribution in [2.24, 2.45) is 23.7 Å². The van der Waals surface area contributed by atoms with Gasteiger partial charge in [-0.05, 0) is 166 Å². The van der Waals surface area contributed by atoms with E-state index >= 15 is 0 Å². The maximum atomic E-state index is 14.9. The van der Waals surface area contributed by atoms with Crippen molar-refractivity contribution >= 4 is 45.5 Å². The van der Waals surface area contributed by atoms with Crippen LogP contribution in [0.25, 0.3) is 0 Å². The molecule has 0 amide bonds. The fourth-order valence-electron chi connectivity index (χ4n) is 17.3. The van der Waals surface area contributed by atoms with Crippen LogP contribution >= 0.6 is 0 Å². The van der Waals surface area contributed by atoms with E-state index in [4.69, 9.17) is 69.8 Å². The molecule has 3 unspecified atom stereocenters. The van der Waals surface area contributed by atoms with Crippen LogP contribution in [0.2, 0.25) is 72.5 Å². The molecule has 18 nitrogen and oxygen atoms in total. The summed E-state index contributed by atoms with van der Waals surface area (Å²) in [5.74, 6) is -1.63. The molecule has 596 valence electrons. The van der Waals surface area contributed by atoms with Crippen LogP contribution in [-0.2, 0) is 79.4 Å². The Balaban J connectivity index is 0.856. The van der Waals surface area contributed by atoms with Crippen molar-refractivity contribution in [3.63, 3.8) is 0 Å². The smallest absolute Gasteiger partial charge is 0.308 e. The van der Waals surface area contributed by atoms with Gasteiger partial charge in [0.1, 0.15) is 42.9 Å². The number of aliphatic hydroxyl groups excluding tert-OH is 1. The second-order valence-corrected chi connectivity index (χ2v) is 59.0. The van der Waals surface area contributed by atoms with Gasteiger partial charge in [0.15, 0.2) is 39.1 Å². The maximum absolute atomic E-state index is 14.9. The molecule has 10 saturated heterocycles. The van der Waals surface area contributed by atoms with Gasteiger partial charge in [-0.2, -0.15) is 0 Å². The van der Waals surface area contributed by atoms with Gasteiger partial charge in [0.05, 0.1) is 111 Å². The lowest BCUT2D eigenvalue weighted by Crippen LogP contribution is -2.64. The van der Waals surface area contributed by atoms with Crippen molar-refractivity contribution in [3.05, 3.63) is 36.5 Å². The van der Waals surface area contributed by atoms with Crippen LogP contribution in [0, 0.1) is 23.7 Å². The molecule has 0 aromatic rings. The van der Waals surface area contributed by atoms with Gasteiger partial charge in [0, 0.05) is 57.5 Å². The van der Waals surface area contributed by atoms with Gasteiger partial charge in [-0.25, -0.2) is 0 Å². The number of aliphatic hydroxyl groups is 1. The molecule has 10 aliphatic rings. The molecular formula is C82H144O18Si4. The normalized spacial score (nSPS) is 39.8. The highest BCUT2D eigenvalue weighted by atomic mass is 28.4. The average molecular weight is 1530 g/mol. The Labute approximate surface area is 632 Å². The van der Waals surface area contributed by atoms with Crippen LogP contribution in [0.15, 0.2) is 36.5 Å². The number of rotatable bonds is 20. The van der Waals surface area contributed by atoms with Crippen molar-refractivity contribution < 1.29 is 84.5 Å². The summed E-state index contributed by atoms with van der Waals surface area (Å²) in [6, 6.07) is 0. The standard InChI is InChI=1S/C82H144O18Si4/c1-49-40-56-31-33-59-50(2)41-58(88-59)35-37-82-38-36-61(96-82)75-76(86-18)77(97-82)74-60(92-75)34-32-57(90-74)43-70(85)95-73-53(5)72-67(91-66(73)44-62(89-56)52(49)4)45-64(98-102(21,22)79(9,10)11)63(93-72)42-55(84)30-28-27-29-54(47-83)39-51(3)71-68(100-104(25,26)81(15,16)17)46-65(99-103(23,24)80(12,13)14)69(94-71)48-87-101(19,20)78(6,7)8/h28,30,47,49,51,53-69,71-77,84H,2,4,27,29,31-46,48H2,1,3,5-26H3/b30-28+/t49-,51+,53+,54?,55?,56+,57-,58+,59+,60+,61+,62-,63-,64?,65-,66+,67+,68+,69-,71+,72+,73-,74+,75+,76-,77+,82+/m1/s1. The largest absolute Gasteiger partial charge is 0.459 e. The van der Waals surface area contributed by atoms with Crippen LogP contribution in [0.3, 0.4) is 0 Å². The quantitative estimate of drug-likeness (QED) is 0.0523. The zero-order valence-corrected chi connectivity index (χ0v) is 73.0. The number of allylic oxidation sites excluding steroid dienone is 1. The predicted octanol–water partition coefficient (Wildman–Crippen LogP) is 16.8. The first kappa shape index (κ1) is 85.1. The number of aldehydes is 1. The molecule has 10 aliphatic heterocycles. The van der Waals surface area contributed by atoms with E-state index in [0.29, 0.717) is 64.4 Å². The first-order chi connectivity index (χ1) is 48.2. The third-order valence-corrected chi connectivity index (χ3v) is 46.0. The molecule has 0 aromatic carbocycles. The summed E-state index contributed by atoms with van der Waals surface area (Å²) in [5, 5.41) is 12.1. The molecule has 0 saturated carbocycles. The number of ether oxygens (including phenoxy) is 11. The van der Waals surface area contributed by atoms with Crippen molar-refractivity contribution in [2.75, 3.05) is 13.7 Å². The highest BCUT2D eigenvalue weighted by molar-refractivity contribution is 6.75. The van der Waals surface area contributed by atoms with Crippen molar-refractivity contribution in [1.29, 1.82) is 0 Å². The third kappa shape index (κ3) is 19.4. The Morgan fingerprint density at radius 2 is 1.18 bits per heavy atom. The van der Waals surface area contributed by atoms with E-state index in [1.807, 2.05) is 12.2 Å². The van der Waals surface area contributed by atoms with E-state index in [-0.39, 0.29) is 130 Å². The number of carbonyl (C=O) groups excluding carboxylic acids is 2. The van der Waals surface area contributed by atoms with Crippen molar-refractivity contribution in [3.8, 4) is 0 Å². The van der Waals surface area contributed by atoms with E-state index in [0.717, 1.165) is 62.4 Å². The zero-order chi connectivity index (χ0) is 76.4. The predicted molar refractivity (Wildman–Crippen MR) is 417 cm³/mol. The van der Waals surface area contributed by atoms with Gasteiger partial charge in [-0.15, -0.1) is 0 Å². The van der Waals surface area contributed by atoms with Crippen LogP contribution in [-0.4, -0.2) is 204 Å². The zero-order valence-electron chi connectivity index (χ0n) is 69.0. The van der Waals surface area contributed by atoms with Gasteiger partial charge in [0.2, 0.25) is 0 Å². The Morgan fingerprint density at radius 1 is 0.587 bits per heavy atom. The second-order valence-electron chi connectivity index (χ2n) is 40.0. The summed E-state index contributed by atoms with van der Waals surface area (Å²) in [4.78, 5) is 28.2. The van der Waals surface area contributed by atoms with E-state index < -0.39 is 106 Å². The molecule has 27 atom stereocenters. The first-order valence-electron chi connectivity index (χ1n) is 40.7. The minimum atomic E-state index is -2.44. The lowest BCUT2D eigenvalue weighted by atomic mass is 9.79. The minimum Gasteiger partial charge on any atom is -0.459 e. The Morgan fingerprint density at radius 3 is 1.82 bits per heavy atom. The van der Waals surface area contributed by atoms with Gasteiger partial charge >= 0.3 is 5.97 Å². The first-order valence-corrected chi connectivity index (χ1v) is 52.3. The van der Waals surface area contributed by atoms with Gasteiger partial charge in [0.25, 0.3) is 0 Å². The highest BCUT2D eigenvalue weighted by Crippen LogP contribution is 2.52. The lowest BCUT2D eigenvalue weighted by Gasteiger charge is -2.53. The van der Waals surface area contributed by atoms with Gasteiger partial charge < -0.3 is 79.7 Å². The highest BCUT2D eigenvalue weighted by Gasteiger charge is 2.62. The summed E-state index contributed by atoms with van der Waals surface area (Å²) in [6.45, 7) is 61.9. The molecule has 22 heteroatoms. The Hall–Kier alpha value is -1.37. The topological polar surface area (TPSA) is 193 Å². The molecular weight excluding hydrogens is 1390 g/mol. The van der Waals surface area contributed by atoms with Crippen LogP contribution in [0.5, 0.6) is 0 Å². The molecule has 0 aliphatic carbocycles. The number of hydrogen-bond acceptors (Lipinski definition) is 18. The lowest BCUT2D eigenvalue weighted by molar-refractivity contribution is -0.303. The van der Waals surface area contributed by atoms with Gasteiger partial charge in [-0.3, -0.25) is 4.79 Å². The van der Waals surface area contributed by atoms with E-state index in [1.165, 1.54) is 0 Å². The van der Waals surface area contributed by atoms with Gasteiger partial charge in [-0.1, -0.05) is 129 Å². The summed E-state index contributed by atoms with van der Waals surface area (Å²) in [6.07, 6.45) is 8.24. The number of carbonyl (C=O) groups is 2. The number of fused-ring (bicyclic) bond motifs is 10. The minimum absolute atomic E-state index is 0.00243. The summed E-state index contributed by atoms with van der Waals surface area (Å²) in [7, 11) is -7.46. The van der Waals surface area contributed by atoms with Crippen LogP contribution in [0.4, 0.5) is 0 Å². The number of methoxy groups -OCH3 is 1. The Kier molecular flexibility index (Phi) is 27.0. The average Bonchev–Trinajstić information content (AvgIpc) is 1.57. The van der Waals surface area contributed by atoms with Crippen molar-refractivity contribution in [1.82, 2.24) is 0 Å². The molecule has 1 N–H and O–H groups in total. The van der Waals surface area contributed by atoms with E-state index in [2.05, 4.69) is 169 Å². The van der Waals surface area contributed by atoms with Crippen LogP contribution in [0.1, 0.15) is 219 Å². The number of hydrogen-bond donors (Lipinski definition) is 1. The van der Waals surface area contributed by atoms with Crippen molar-refractivity contribution in [2.45, 2.75) is 432 Å². The number of esters is 1. The Bertz CT molecular complexity index is 2930. The molecule has 0 radical (unpaired) electrons. The molecule has 10 rings (SSSR count). The SMILES string of the molecule is C=C1C[C@@H]2CC[C@]34CC[C@H](O3)[C@@H]3O[C@H]5CC[C@H](CC(=O)O[C@@H]6[C@@H](C)[C@@H]7O[C@H](CC(O)/C=C/CCC(C=O)C[C@H](C)[C@@H]8O[C@H](CO[Si](C)(C)C(C)(C)C)[C@H](O[Si](C)(C)C(C)(C)C)C[C@@H]8O[Si](C)(C)C(C)(C)C)C(O[Si](C)(C)C(C)(C)C)C[C@@H]7O[C@H]6C[C@H]6O[C@@H](CC[C@@H]1O2)C[C@@H](C)C6=C)O[C@@H]5[C@H](O4)[C@@H]3OC. The van der Waals surface area contributed by atoms with Crippen LogP contribution < -0.4 is 0 Å². The summed E-state index contributed by atoms with van der Waals surface area (Å²) < 4.78 is 106. The maximum Gasteiger partial charge on any atom is 0.308 e. The fraction of sp³-hybridized carbons (Fsp3) is 0.902. The molecule has 10 bridgehead atoms. The van der Waals surface area contributed by atoms with E-state index in [9.17, 15) is 14.7 Å². The summed E-state index contributed by atoms with van der Waals surface area (Å²) >= 11 is 0. The molecule has 10 heterocycles. The monoisotopic (exact) mass is 1530 g/mol. The molecule has 0 aromatic heterocycles. The van der Waals surface area contributed by atoms with E-state index in [1.54, 1.807) is 7.11 Å². The fourth-order valence-corrected chi connectivity index (χ4v) is 22.4. The summed E-state index contributed by atoms with van der Waals surface area (Å²) in [5.41, 5.74) is 2.13. The molecule has 1 spiro atoms. The third-order valence-electron chi connectivity index (χ3n) is 28.0.